The molecule has 0 aliphatic carbocycles. The lowest BCUT2D eigenvalue weighted by Crippen LogP contribution is -2.21. The Labute approximate surface area is 99.3 Å². The van der Waals surface area contributed by atoms with Gasteiger partial charge in [0.2, 0.25) is 0 Å². The molecular weight excluding hydrogens is 216 g/mol. The number of rotatable bonds is 3. The lowest BCUT2D eigenvalue weighted by Gasteiger charge is -2.09. The predicted octanol–water partition coefficient (Wildman–Crippen LogP) is 1.33. The molecule has 17 heavy (non-hydrogen) atoms. The molecule has 0 amide bonds. The second kappa shape index (κ2) is 4.45. The molecule has 0 aliphatic heterocycles. The van der Waals surface area contributed by atoms with Crippen molar-refractivity contribution in [1.29, 1.82) is 0 Å². The number of aromatic amines is 1. The van der Waals surface area contributed by atoms with Crippen LogP contribution in [0.5, 0.6) is 0 Å². The van der Waals surface area contributed by atoms with Crippen LogP contribution in [-0.2, 0) is 6.42 Å². The second-order valence-electron chi connectivity index (χ2n) is 4.33. The SMILES string of the molecule is CC(C)n1c(Cc2cccc(N)c2)n[nH]c1=O. The predicted molar refractivity (Wildman–Crippen MR) is 66.9 cm³/mol. The van der Waals surface area contributed by atoms with Crippen molar-refractivity contribution < 1.29 is 0 Å². The van der Waals surface area contributed by atoms with Gasteiger partial charge in [0.1, 0.15) is 5.82 Å². The first kappa shape index (κ1) is 11.4. The molecule has 1 aromatic carbocycles. The van der Waals surface area contributed by atoms with Crippen molar-refractivity contribution >= 4 is 5.69 Å². The van der Waals surface area contributed by atoms with Gasteiger partial charge in [-0.05, 0) is 31.5 Å². The number of nitrogens with zero attached hydrogens (tertiary/aromatic N) is 2. The van der Waals surface area contributed by atoms with E-state index in [4.69, 9.17) is 5.73 Å². The second-order valence-corrected chi connectivity index (χ2v) is 4.33. The molecule has 2 rings (SSSR count). The van der Waals surface area contributed by atoms with Crippen molar-refractivity contribution in [2.45, 2.75) is 26.3 Å². The van der Waals surface area contributed by atoms with Gasteiger partial charge in [0.15, 0.2) is 0 Å². The summed E-state index contributed by atoms with van der Waals surface area (Å²) in [6, 6.07) is 7.69. The third-order valence-corrected chi connectivity index (χ3v) is 2.61. The van der Waals surface area contributed by atoms with Crippen LogP contribution in [0, 0.1) is 0 Å². The fourth-order valence-electron chi connectivity index (χ4n) is 1.88. The zero-order valence-electron chi connectivity index (χ0n) is 9.97. The summed E-state index contributed by atoms with van der Waals surface area (Å²) in [5.74, 6) is 0.732. The number of hydrogen-bond acceptors (Lipinski definition) is 3. The Hall–Kier alpha value is -2.04. The van der Waals surface area contributed by atoms with Crippen LogP contribution < -0.4 is 11.4 Å². The fourth-order valence-corrected chi connectivity index (χ4v) is 1.88. The molecule has 5 nitrogen and oxygen atoms in total. The van der Waals surface area contributed by atoms with Crippen molar-refractivity contribution in [3.8, 4) is 0 Å². The van der Waals surface area contributed by atoms with E-state index in [0.717, 1.165) is 17.1 Å². The molecule has 1 heterocycles. The summed E-state index contributed by atoms with van der Waals surface area (Å²) in [6.45, 7) is 3.92. The van der Waals surface area contributed by atoms with Crippen LogP contribution in [0.4, 0.5) is 5.69 Å². The fraction of sp³-hybridized carbons (Fsp3) is 0.333. The molecule has 3 N–H and O–H groups in total. The van der Waals surface area contributed by atoms with E-state index in [-0.39, 0.29) is 11.7 Å². The quantitative estimate of drug-likeness (QED) is 0.784. The summed E-state index contributed by atoms with van der Waals surface area (Å²) in [4.78, 5) is 11.6. The van der Waals surface area contributed by atoms with Gasteiger partial charge >= 0.3 is 5.69 Å². The van der Waals surface area contributed by atoms with Gasteiger partial charge in [0, 0.05) is 18.2 Å². The Morgan fingerprint density at radius 2 is 2.24 bits per heavy atom. The molecule has 0 atom stereocenters. The van der Waals surface area contributed by atoms with E-state index in [1.807, 2.05) is 38.1 Å². The van der Waals surface area contributed by atoms with Gasteiger partial charge in [-0.15, -0.1) is 0 Å². The average molecular weight is 232 g/mol. The maximum Gasteiger partial charge on any atom is 0.343 e. The summed E-state index contributed by atoms with van der Waals surface area (Å²) in [5, 5.41) is 6.53. The molecule has 0 fully saturated rings. The van der Waals surface area contributed by atoms with E-state index in [2.05, 4.69) is 10.2 Å². The van der Waals surface area contributed by atoms with Crippen LogP contribution in [0.2, 0.25) is 0 Å². The summed E-state index contributed by atoms with van der Waals surface area (Å²) in [6.07, 6.45) is 0.599. The van der Waals surface area contributed by atoms with Crippen LogP contribution in [0.25, 0.3) is 0 Å². The van der Waals surface area contributed by atoms with Crippen LogP contribution in [0.3, 0.4) is 0 Å². The molecule has 2 aromatic rings. The molecule has 0 aliphatic rings. The lowest BCUT2D eigenvalue weighted by atomic mass is 10.1. The van der Waals surface area contributed by atoms with E-state index < -0.39 is 0 Å². The average Bonchev–Trinajstić information content (AvgIpc) is 2.59. The van der Waals surface area contributed by atoms with Gasteiger partial charge in [0.05, 0.1) is 0 Å². The Morgan fingerprint density at radius 1 is 1.47 bits per heavy atom. The highest BCUT2D eigenvalue weighted by Gasteiger charge is 2.11. The van der Waals surface area contributed by atoms with Gasteiger partial charge in [0.25, 0.3) is 0 Å². The topological polar surface area (TPSA) is 76.7 Å². The van der Waals surface area contributed by atoms with Gasteiger partial charge in [-0.3, -0.25) is 4.57 Å². The van der Waals surface area contributed by atoms with Crippen molar-refractivity contribution in [3.05, 3.63) is 46.1 Å². The number of aromatic nitrogens is 3. The van der Waals surface area contributed by atoms with Gasteiger partial charge in [-0.1, -0.05) is 12.1 Å². The van der Waals surface area contributed by atoms with Crippen LogP contribution in [-0.4, -0.2) is 14.8 Å². The minimum Gasteiger partial charge on any atom is -0.399 e. The third-order valence-electron chi connectivity index (χ3n) is 2.61. The van der Waals surface area contributed by atoms with Gasteiger partial charge in [-0.2, -0.15) is 5.10 Å². The summed E-state index contributed by atoms with van der Waals surface area (Å²) in [7, 11) is 0. The van der Waals surface area contributed by atoms with E-state index in [1.54, 1.807) is 4.57 Å². The van der Waals surface area contributed by atoms with E-state index >= 15 is 0 Å². The number of anilines is 1. The molecule has 0 saturated carbocycles. The number of hydrogen-bond donors (Lipinski definition) is 2. The largest absolute Gasteiger partial charge is 0.399 e. The van der Waals surface area contributed by atoms with Crippen LogP contribution in [0.1, 0.15) is 31.3 Å². The highest BCUT2D eigenvalue weighted by atomic mass is 16.1. The van der Waals surface area contributed by atoms with Crippen molar-refractivity contribution in [2.75, 3.05) is 5.73 Å². The lowest BCUT2D eigenvalue weighted by molar-refractivity contribution is 0.557. The number of nitrogen functional groups attached to an aromatic ring is 1. The third kappa shape index (κ3) is 2.38. The van der Waals surface area contributed by atoms with Crippen LogP contribution in [0.15, 0.2) is 29.1 Å². The highest BCUT2D eigenvalue weighted by Crippen LogP contribution is 2.12. The number of benzene rings is 1. The summed E-state index contributed by atoms with van der Waals surface area (Å²) < 4.78 is 1.66. The van der Waals surface area contributed by atoms with E-state index in [0.29, 0.717) is 6.42 Å². The Kier molecular flexibility index (Phi) is 2.99. The molecule has 0 radical (unpaired) electrons. The maximum absolute atomic E-state index is 11.6. The summed E-state index contributed by atoms with van der Waals surface area (Å²) in [5.41, 5.74) is 7.32. The number of nitrogens with one attached hydrogen (secondary N) is 1. The molecule has 0 saturated heterocycles. The molecule has 0 bridgehead atoms. The molecule has 90 valence electrons. The minimum atomic E-state index is -0.168. The number of nitrogens with two attached hydrogens (primary N) is 1. The van der Waals surface area contributed by atoms with Crippen molar-refractivity contribution in [2.24, 2.45) is 0 Å². The zero-order chi connectivity index (χ0) is 12.4. The standard InChI is InChI=1S/C12H16N4O/c1-8(2)16-11(14-15-12(16)17)7-9-4-3-5-10(13)6-9/h3-6,8H,7,13H2,1-2H3,(H,15,17). The van der Waals surface area contributed by atoms with Crippen molar-refractivity contribution in [3.63, 3.8) is 0 Å². The Morgan fingerprint density at radius 3 is 2.88 bits per heavy atom. The molecule has 0 unspecified atom stereocenters. The smallest absolute Gasteiger partial charge is 0.343 e. The van der Waals surface area contributed by atoms with Crippen LogP contribution >= 0.6 is 0 Å². The van der Waals surface area contributed by atoms with E-state index in [1.165, 1.54) is 0 Å². The molecule has 0 spiro atoms. The molecule has 1 aromatic heterocycles. The Balaban J connectivity index is 2.34. The molecular formula is C12H16N4O. The normalized spacial score (nSPS) is 11.0. The Bertz CT molecular complexity index is 568. The number of H-pyrrole nitrogens is 1. The monoisotopic (exact) mass is 232 g/mol. The molecule has 5 heteroatoms. The minimum absolute atomic E-state index is 0.0947. The van der Waals surface area contributed by atoms with Crippen molar-refractivity contribution in [1.82, 2.24) is 14.8 Å². The maximum atomic E-state index is 11.6. The van der Waals surface area contributed by atoms with Gasteiger partial charge < -0.3 is 5.73 Å². The highest BCUT2D eigenvalue weighted by molar-refractivity contribution is 5.41. The van der Waals surface area contributed by atoms with E-state index in [9.17, 15) is 4.79 Å². The zero-order valence-corrected chi connectivity index (χ0v) is 9.97. The first-order chi connectivity index (χ1) is 8.08. The first-order valence-corrected chi connectivity index (χ1v) is 5.58. The van der Waals surface area contributed by atoms with Gasteiger partial charge in [-0.25, -0.2) is 9.89 Å². The summed E-state index contributed by atoms with van der Waals surface area (Å²) >= 11 is 0. The first-order valence-electron chi connectivity index (χ1n) is 5.58.